The predicted octanol–water partition coefficient (Wildman–Crippen LogP) is 2.13. The number of ether oxygens (including phenoxy) is 1. The van der Waals surface area contributed by atoms with Crippen LogP contribution in [0.2, 0.25) is 0 Å². The number of nitrogens with zero attached hydrogens (tertiary/aromatic N) is 1. The summed E-state index contributed by atoms with van der Waals surface area (Å²) in [7, 11) is 0. The van der Waals surface area contributed by atoms with Crippen LogP contribution < -0.4 is 4.90 Å². The van der Waals surface area contributed by atoms with Crippen molar-refractivity contribution < 1.29 is 4.74 Å². The van der Waals surface area contributed by atoms with Gasteiger partial charge in [0.1, 0.15) is 0 Å². The number of rotatable bonds is 1. The van der Waals surface area contributed by atoms with Gasteiger partial charge in [-0.15, -0.1) is 0 Å². The van der Waals surface area contributed by atoms with Gasteiger partial charge >= 0.3 is 0 Å². The highest BCUT2D eigenvalue weighted by Crippen LogP contribution is 2.22. The van der Waals surface area contributed by atoms with E-state index in [1.54, 1.807) is 0 Å². The summed E-state index contributed by atoms with van der Waals surface area (Å²) >= 11 is 2.38. The van der Waals surface area contributed by atoms with Gasteiger partial charge in [0.15, 0.2) is 0 Å². The van der Waals surface area contributed by atoms with Crippen LogP contribution in [0.5, 0.6) is 0 Å². The fourth-order valence-electron chi connectivity index (χ4n) is 1.51. The molecule has 0 unspecified atom stereocenters. The van der Waals surface area contributed by atoms with Crippen LogP contribution >= 0.6 is 22.6 Å². The first-order valence-corrected chi connectivity index (χ1v) is 5.53. The second-order valence-electron chi connectivity index (χ2n) is 3.05. The molecule has 3 heteroatoms. The lowest BCUT2D eigenvalue weighted by molar-refractivity contribution is 0.122. The summed E-state index contributed by atoms with van der Waals surface area (Å²) in [5.41, 5.74) is 1.34. The SMILES string of the molecule is Ic1ccccc1N1CCOCC1. The number of anilines is 1. The Labute approximate surface area is 92.0 Å². The molecule has 0 aliphatic carbocycles. The topological polar surface area (TPSA) is 12.5 Å². The molecular formula is C10H12INO. The van der Waals surface area contributed by atoms with Crippen molar-refractivity contribution in [1.29, 1.82) is 0 Å². The van der Waals surface area contributed by atoms with E-state index in [9.17, 15) is 0 Å². The molecule has 2 nitrogen and oxygen atoms in total. The second-order valence-corrected chi connectivity index (χ2v) is 4.21. The van der Waals surface area contributed by atoms with E-state index in [0.29, 0.717) is 0 Å². The molecule has 0 bridgehead atoms. The van der Waals surface area contributed by atoms with Crippen LogP contribution in [0.25, 0.3) is 0 Å². The van der Waals surface area contributed by atoms with Gasteiger partial charge in [-0.2, -0.15) is 0 Å². The molecule has 1 aliphatic heterocycles. The average molecular weight is 289 g/mol. The van der Waals surface area contributed by atoms with Crippen LogP contribution in [0.3, 0.4) is 0 Å². The van der Waals surface area contributed by atoms with Gasteiger partial charge < -0.3 is 9.64 Å². The maximum atomic E-state index is 5.32. The average Bonchev–Trinajstić information content (AvgIpc) is 2.20. The smallest absolute Gasteiger partial charge is 0.0642 e. The summed E-state index contributed by atoms with van der Waals surface area (Å²) in [6.45, 7) is 3.73. The van der Waals surface area contributed by atoms with E-state index in [1.165, 1.54) is 9.26 Å². The Kier molecular flexibility index (Phi) is 3.05. The molecule has 0 atom stereocenters. The van der Waals surface area contributed by atoms with Gasteiger partial charge in [-0.3, -0.25) is 0 Å². The Bertz CT molecular complexity index is 284. The van der Waals surface area contributed by atoms with Gasteiger partial charge in [-0.1, -0.05) is 12.1 Å². The fourth-order valence-corrected chi connectivity index (χ4v) is 2.24. The highest BCUT2D eigenvalue weighted by atomic mass is 127. The molecule has 1 saturated heterocycles. The number of hydrogen-bond donors (Lipinski definition) is 0. The van der Waals surface area contributed by atoms with E-state index in [0.717, 1.165) is 26.3 Å². The Morgan fingerprint density at radius 3 is 2.54 bits per heavy atom. The van der Waals surface area contributed by atoms with Gasteiger partial charge in [0, 0.05) is 16.7 Å². The van der Waals surface area contributed by atoms with Gasteiger partial charge in [0.25, 0.3) is 0 Å². The molecule has 0 spiro atoms. The molecule has 0 radical (unpaired) electrons. The lowest BCUT2D eigenvalue weighted by atomic mass is 10.3. The molecule has 70 valence electrons. The van der Waals surface area contributed by atoms with Gasteiger partial charge in [-0.05, 0) is 34.7 Å². The summed E-state index contributed by atoms with van der Waals surface area (Å²) in [4.78, 5) is 2.38. The van der Waals surface area contributed by atoms with Crippen molar-refractivity contribution in [1.82, 2.24) is 0 Å². The zero-order chi connectivity index (χ0) is 9.10. The predicted molar refractivity (Wildman–Crippen MR) is 62.2 cm³/mol. The van der Waals surface area contributed by atoms with E-state index in [1.807, 2.05) is 0 Å². The van der Waals surface area contributed by atoms with Crippen molar-refractivity contribution in [2.24, 2.45) is 0 Å². The van der Waals surface area contributed by atoms with Crippen LogP contribution in [0, 0.1) is 3.57 Å². The number of morpholine rings is 1. The highest BCUT2D eigenvalue weighted by Gasteiger charge is 2.12. The zero-order valence-corrected chi connectivity index (χ0v) is 9.53. The third-order valence-corrected chi connectivity index (χ3v) is 3.12. The summed E-state index contributed by atoms with van der Waals surface area (Å²) in [6, 6.07) is 8.48. The third kappa shape index (κ3) is 2.14. The zero-order valence-electron chi connectivity index (χ0n) is 7.37. The molecule has 1 aliphatic rings. The third-order valence-electron chi connectivity index (χ3n) is 2.20. The number of halogens is 1. The minimum atomic E-state index is 0.852. The molecule has 13 heavy (non-hydrogen) atoms. The van der Waals surface area contributed by atoms with Crippen LogP contribution in [-0.2, 0) is 4.74 Å². The number of benzene rings is 1. The first kappa shape index (κ1) is 9.27. The molecular weight excluding hydrogens is 277 g/mol. The van der Waals surface area contributed by atoms with E-state index in [2.05, 4.69) is 51.8 Å². The van der Waals surface area contributed by atoms with Crippen molar-refractivity contribution in [2.75, 3.05) is 31.2 Å². The van der Waals surface area contributed by atoms with Crippen molar-refractivity contribution >= 4 is 28.3 Å². The molecule has 1 aromatic carbocycles. The molecule has 0 aromatic heterocycles. The Morgan fingerprint density at radius 1 is 1.15 bits per heavy atom. The van der Waals surface area contributed by atoms with Crippen molar-refractivity contribution in [3.05, 3.63) is 27.8 Å². The Balaban J connectivity index is 2.18. The van der Waals surface area contributed by atoms with E-state index in [4.69, 9.17) is 4.74 Å². The summed E-state index contributed by atoms with van der Waals surface area (Å²) in [5.74, 6) is 0. The molecule has 0 saturated carbocycles. The largest absolute Gasteiger partial charge is 0.378 e. The molecule has 2 rings (SSSR count). The molecule has 0 amide bonds. The van der Waals surface area contributed by atoms with Gasteiger partial charge in [-0.25, -0.2) is 0 Å². The van der Waals surface area contributed by atoms with Crippen LogP contribution in [0.15, 0.2) is 24.3 Å². The van der Waals surface area contributed by atoms with Crippen LogP contribution in [0.4, 0.5) is 5.69 Å². The minimum absolute atomic E-state index is 0.852. The quantitative estimate of drug-likeness (QED) is 0.734. The highest BCUT2D eigenvalue weighted by molar-refractivity contribution is 14.1. The first-order chi connectivity index (χ1) is 6.38. The van der Waals surface area contributed by atoms with E-state index < -0.39 is 0 Å². The van der Waals surface area contributed by atoms with Crippen molar-refractivity contribution in [2.45, 2.75) is 0 Å². The van der Waals surface area contributed by atoms with Crippen molar-refractivity contribution in [3.8, 4) is 0 Å². The second kappa shape index (κ2) is 4.28. The summed E-state index contributed by atoms with van der Waals surface area (Å²) in [6.07, 6.45) is 0. The minimum Gasteiger partial charge on any atom is -0.378 e. The fraction of sp³-hybridized carbons (Fsp3) is 0.400. The van der Waals surface area contributed by atoms with Crippen molar-refractivity contribution in [3.63, 3.8) is 0 Å². The molecule has 1 heterocycles. The summed E-state index contributed by atoms with van der Waals surface area (Å²) in [5, 5.41) is 0. The van der Waals surface area contributed by atoms with Gasteiger partial charge in [0.2, 0.25) is 0 Å². The molecule has 1 fully saturated rings. The number of hydrogen-bond acceptors (Lipinski definition) is 2. The van der Waals surface area contributed by atoms with E-state index in [-0.39, 0.29) is 0 Å². The first-order valence-electron chi connectivity index (χ1n) is 4.45. The number of para-hydroxylation sites is 1. The maximum Gasteiger partial charge on any atom is 0.0642 e. The van der Waals surface area contributed by atoms with Crippen LogP contribution in [-0.4, -0.2) is 26.3 Å². The molecule has 1 aromatic rings. The Morgan fingerprint density at radius 2 is 1.85 bits per heavy atom. The maximum absolute atomic E-state index is 5.32. The Hall–Kier alpha value is -0.290. The lowest BCUT2D eigenvalue weighted by Crippen LogP contribution is -2.36. The molecule has 0 N–H and O–H groups in total. The van der Waals surface area contributed by atoms with E-state index >= 15 is 0 Å². The van der Waals surface area contributed by atoms with Gasteiger partial charge in [0.05, 0.1) is 18.9 Å². The monoisotopic (exact) mass is 289 g/mol. The van der Waals surface area contributed by atoms with Crippen LogP contribution in [0.1, 0.15) is 0 Å². The normalized spacial score (nSPS) is 17.5. The summed E-state index contributed by atoms with van der Waals surface area (Å²) < 4.78 is 6.64. The lowest BCUT2D eigenvalue weighted by Gasteiger charge is -2.29. The standard InChI is InChI=1S/C10H12INO/c11-9-3-1-2-4-10(9)12-5-7-13-8-6-12/h1-4H,5-8H2.